The van der Waals surface area contributed by atoms with Crippen LogP contribution in [0.5, 0.6) is 0 Å². The predicted octanol–water partition coefficient (Wildman–Crippen LogP) is 7.95. The second-order valence-electron chi connectivity index (χ2n) is 13.6. The Labute approximate surface area is 282 Å². The Bertz CT molecular complexity index is 2100. The molecule has 2 heterocycles. The second kappa shape index (κ2) is 13.3. The summed E-state index contributed by atoms with van der Waals surface area (Å²) in [5.74, 6) is 1.64. The second-order valence-corrected chi connectivity index (χ2v) is 13.6. The molecule has 0 bridgehead atoms. The molecule has 8 nitrogen and oxygen atoms in total. The maximum absolute atomic E-state index is 13.0. The van der Waals surface area contributed by atoms with Crippen molar-refractivity contribution in [3.05, 3.63) is 101 Å². The van der Waals surface area contributed by atoms with Gasteiger partial charge in [0, 0.05) is 44.9 Å². The summed E-state index contributed by atoms with van der Waals surface area (Å²) in [6.45, 7) is 11.3. The van der Waals surface area contributed by atoms with Crippen molar-refractivity contribution in [2.24, 2.45) is 7.05 Å². The SMILES string of the molecule is CCCc1nc2c(C)cc(-c3nc4ccc(N(C)CCO)cc4n3C)cc2n1Cc1ccc(-c2ccccc2C(=O)OC(C)(C)C)cc1. The van der Waals surface area contributed by atoms with Crippen molar-refractivity contribution in [2.45, 2.75) is 59.6 Å². The summed E-state index contributed by atoms with van der Waals surface area (Å²) in [6.07, 6.45) is 1.87. The van der Waals surface area contributed by atoms with Crippen molar-refractivity contribution in [2.75, 3.05) is 25.1 Å². The van der Waals surface area contributed by atoms with Gasteiger partial charge in [0.15, 0.2) is 0 Å². The lowest BCUT2D eigenvalue weighted by atomic mass is 9.98. The number of carbonyl (C=O) groups excluding carboxylic acids is 1. The number of aromatic nitrogens is 4. The molecule has 0 amide bonds. The zero-order chi connectivity index (χ0) is 34.2. The first kappa shape index (κ1) is 33.0. The Morgan fingerprint density at radius 2 is 1.69 bits per heavy atom. The fourth-order valence-electron chi connectivity index (χ4n) is 6.33. The number of imidazole rings is 2. The lowest BCUT2D eigenvalue weighted by Crippen LogP contribution is -2.24. The van der Waals surface area contributed by atoms with Crippen molar-refractivity contribution in [1.29, 1.82) is 0 Å². The van der Waals surface area contributed by atoms with Gasteiger partial charge < -0.3 is 23.9 Å². The Hall–Kier alpha value is -4.95. The van der Waals surface area contributed by atoms with E-state index in [4.69, 9.17) is 14.7 Å². The van der Waals surface area contributed by atoms with Crippen LogP contribution in [0.2, 0.25) is 0 Å². The van der Waals surface area contributed by atoms with Crippen LogP contribution >= 0.6 is 0 Å². The molecule has 0 saturated carbocycles. The normalized spacial score (nSPS) is 11.8. The molecule has 0 aliphatic rings. The highest BCUT2D eigenvalue weighted by atomic mass is 16.6. The molecule has 1 N–H and O–H groups in total. The van der Waals surface area contributed by atoms with Gasteiger partial charge >= 0.3 is 5.97 Å². The number of carbonyl (C=O) groups is 1. The van der Waals surface area contributed by atoms with Crippen LogP contribution in [0, 0.1) is 6.92 Å². The molecule has 0 aliphatic heterocycles. The number of likely N-dealkylation sites (N-methyl/N-ethyl adjacent to an activating group) is 1. The lowest BCUT2D eigenvalue weighted by molar-refractivity contribution is 0.00704. The van der Waals surface area contributed by atoms with Gasteiger partial charge in [-0.15, -0.1) is 0 Å². The van der Waals surface area contributed by atoms with Crippen LogP contribution in [0.4, 0.5) is 5.69 Å². The molecule has 0 unspecified atom stereocenters. The molecule has 6 rings (SSSR count). The van der Waals surface area contributed by atoms with Gasteiger partial charge in [0.05, 0.1) is 34.2 Å². The summed E-state index contributed by atoms with van der Waals surface area (Å²) in [5.41, 5.74) is 10.2. The van der Waals surface area contributed by atoms with E-state index in [1.165, 1.54) is 0 Å². The molecule has 2 aromatic heterocycles. The third-order valence-corrected chi connectivity index (χ3v) is 8.75. The smallest absolute Gasteiger partial charge is 0.339 e. The number of ether oxygens (including phenoxy) is 1. The fraction of sp³-hybridized carbons (Fsp3) is 0.325. The van der Waals surface area contributed by atoms with Crippen LogP contribution in [0.25, 0.3) is 44.6 Å². The molecule has 0 aliphatic carbocycles. The maximum Gasteiger partial charge on any atom is 0.339 e. The summed E-state index contributed by atoms with van der Waals surface area (Å²) in [4.78, 5) is 25.2. The molecule has 8 heteroatoms. The van der Waals surface area contributed by atoms with Gasteiger partial charge in [-0.1, -0.05) is 49.4 Å². The molecule has 0 atom stereocenters. The minimum atomic E-state index is -0.568. The van der Waals surface area contributed by atoms with Crippen LogP contribution in [-0.4, -0.2) is 56.0 Å². The highest BCUT2D eigenvalue weighted by Crippen LogP contribution is 2.32. The standard InChI is InChI=1S/C40H45N5O3/c1-8-11-36-42-37-26(2)22-29(38-41-33-19-18-30(43(6)20-21-46)24-34(33)44(38)7)23-35(37)45(36)25-27-14-16-28(17-15-27)31-12-9-10-13-32(31)39(47)48-40(3,4)5/h9-10,12-19,22-24,46H,8,11,20-21,25H2,1-7H3. The molecule has 0 radical (unpaired) electrons. The Morgan fingerprint density at radius 1 is 0.938 bits per heavy atom. The summed E-state index contributed by atoms with van der Waals surface area (Å²) in [6, 6.07) is 26.7. The minimum absolute atomic E-state index is 0.102. The Morgan fingerprint density at radius 3 is 2.40 bits per heavy atom. The number of fused-ring (bicyclic) bond motifs is 2. The number of anilines is 1. The van der Waals surface area contributed by atoms with Crippen LogP contribution in [0.1, 0.15) is 61.4 Å². The molecule has 6 aromatic rings. The van der Waals surface area contributed by atoms with Crippen LogP contribution in [0.3, 0.4) is 0 Å². The predicted molar refractivity (Wildman–Crippen MR) is 195 cm³/mol. The zero-order valence-electron chi connectivity index (χ0n) is 29.0. The number of aryl methyl sites for hydroxylation is 3. The van der Waals surface area contributed by atoms with Gasteiger partial charge in [0.2, 0.25) is 0 Å². The van der Waals surface area contributed by atoms with E-state index in [9.17, 15) is 9.90 Å². The van der Waals surface area contributed by atoms with Crippen LogP contribution in [0.15, 0.2) is 78.9 Å². The van der Waals surface area contributed by atoms with Gasteiger partial charge in [0.25, 0.3) is 0 Å². The first-order valence-electron chi connectivity index (χ1n) is 16.7. The molecule has 0 spiro atoms. The van der Waals surface area contributed by atoms with E-state index in [1.807, 2.05) is 63.1 Å². The van der Waals surface area contributed by atoms with Crippen LogP contribution < -0.4 is 4.90 Å². The third-order valence-electron chi connectivity index (χ3n) is 8.75. The molecular formula is C40H45N5O3. The monoisotopic (exact) mass is 643 g/mol. The van der Waals surface area contributed by atoms with E-state index in [-0.39, 0.29) is 12.6 Å². The van der Waals surface area contributed by atoms with Crippen molar-refractivity contribution < 1.29 is 14.6 Å². The summed E-state index contributed by atoms with van der Waals surface area (Å²) >= 11 is 0. The lowest BCUT2D eigenvalue weighted by Gasteiger charge is -2.20. The average Bonchev–Trinajstić information content (AvgIpc) is 3.57. The fourth-order valence-corrected chi connectivity index (χ4v) is 6.33. The van der Waals surface area contributed by atoms with Crippen molar-refractivity contribution in [1.82, 2.24) is 19.1 Å². The molecule has 4 aromatic carbocycles. The number of aliphatic hydroxyl groups is 1. The zero-order valence-corrected chi connectivity index (χ0v) is 29.0. The summed E-state index contributed by atoms with van der Waals surface area (Å²) < 4.78 is 10.2. The van der Waals surface area contributed by atoms with E-state index in [0.29, 0.717) is 18.7 Å². The molecular weight excluding hydrogens is 598 g/mol. The first-order valence-corrected chi connectivity index (χ1v) is 16.7. The first-order chi connectivity index (χ1) is 23.0. The highest BCUT2D eigenvalue weighted by Gasteiger charge is 2.21. The average molecular weight is 644 g/mol. The third kappa shape index (κ3) is 6.58. The Kier molecular flexibility index (Phi) is 9.12. The summed E-state index contributed by atoms with van der Waals surface area (Å²) in [5, 5.41) is 9.42. The quantitative estimate of drug-likeness (QED) is 0.153. The van der Waals surface area contributed by atoms with E-state index in [0.717, 1.165) is 80.1 Å². The van der Waals surface area contributed by atoms with E-state index >= 15 is 0 Å². The number of aliphatic hydroxyl groups excluding tert-OH is 1. The maximum atomic E-state index is 13.0. The van der Waals surface area contributed by atoms with Crippen molar-refractivity contribution in [3.8, 4) is 22.5 Å². The van der Waals surface area contributed by atoms with Crippen LogP contribution in [-0.2, 0) is 24.8 Å². The van der Waals surface area contributed by atoms with E-state index in [1.54, 1.807) is 0 Å². The topological polar surface area (TPSA) is 85.4 Å². The number of hydrogen-bond acceptors (Lipinski definition) is 6. The molecule has 248 valence electrons. The van der Waals surface area contributed by atoms with Gasteiger partial charge in [0.1, 0.15) is 17.2 Å². The number of esters is 1. The van der Waals surface area contributed by atoms with E-state index in [2.05, 4.69) is 78.6 Å². The highest BCUT2D eigenvalue weighted by molar-refractivity contribution is 5.97. The largest absolute Gasteiger partial charge is 0.456 e. The minimum Gasteiger partial charge on any atom is -0.456 e. The van der Waals surface area contributed by atoms with Crippen molar-refractivity contribution >= 4 is 33.7 Å². The number of hydrogen-bond donors (Lipinski definition) is 1. The molecule has 0 fully saturated rings. The van der Waals surface area contributed by atoms with Gasteiger partial charge in [-0.25, -0.2) is 14.8 Å². The number of benzene rings is 4. The van der Waals surface area contributed by atoms with Gasteiger partial charge in [-0.05, 0) is 92.8 Å². The summed E-state index contributed by atoms with van der Waals surface area (Å²) in [7, 11) is 4.04. The number of nitrogens with zero attached hydrogens (tertiary/aromatic N) is 5. The number of rotatable bonds is 10. The van der Waals surface area contributed by atoms with Crippen molar-refractivity contribution in [3.63, 3.8) is 0 Å². The Balaban J connectivity index is 1.36. The molecule has 0 saturated heterocycles. The molecule has 48 heavy (non-hydrogen) atoms. The van der Waals surface area contributed by atoms with E-state index < -0.39 is 5.60 Å². The van der Waals surface area contributed by atoms with Gasteiger partial charge in [-0.2, -0.15) is 0 Å². The van der Waals surface area contributed by atoms with Gasteiger partial charge in [-0.3, -0.25) is 0 Å².